The van der Waals surface area contributed by atoms with Crippen molar-refractivity contribution in [1.82, 2.24) is 15.6 Å². The quantitative estimate of drug-likeness (QED) is 0.438. The van der Waals surface area contributed by atoms with Crippen molar-refractivity contribution in [3.8, 4) is 0 Å². The van der Waals surface area contributed by atoms with Crippen LogP contribution < -0.4 is 16.9 Å². The van der Waals surface area contributed by atoms with Gasteiger partial charge in [0.1, 0.15) is 0 Å². The monoisotopic (exact) mass is 314 g/mol. The van der Waals surface area contributed by atoms with E-state index in [2.05, 4.69) is 20.7 Å². The number of thioether (sulfide) groups is 1. The van der Waals surface area contributed by atoms with Gasteiger partial charge in [-0.25, -0.2) is 10.2 Å². The number of nitrogen functional groups attached to an aromatic ring is 1. The first-order chi connectivity index (χ1) is 9.13. The summed E-state index contributed by atoms with van der Waals surface area (Å²) < 4.78 is 0.842. The fourth-order valence-corrected chi connectivity index (χ4v) is 3.56. The number of thiophene rings is 1. The Hall–Kier alpha value is -1.65. The second kappa shape index (κ2) is 6.50. The van der Waals surface area contributed by atoms with E-state index in [1.54, 1.807) is 18.0 Å². The Morgan fingerprint density at radius 3 is 3.11 bits per heavy atom. The number of aromatic nitrogens is 2. The van der Waals surface area contributed by atoms with Crippen LogP contribution in [0.15, 0.2) is 20.9 Å². The fraction of sp³-hybridized carbons (Fsp3) is 0.111. The molecule has 0 fully saturated rings. The van der Waals surface area contributed by atoms with E-state index in [1.165, 1.54) is 22.7 Å². The number of anilines is 1. The summed E-state index contributed by atoms with van der Waals surface area (Å²) in [6, 6.07) is 1.30. The molecule has 0 aliphatic heterocycles. The largest absolute Gasteiger partial charge is 0.374 e. The fourth-order valence-electron chi connectivity index (χ4n) is 1.12. The number of carbonyl (C=O) groups excluding carboxylic acids is 1. The maximum Gasteiger partial charge on any atom is 0.332 e. The number of nitrogens with one attached hydrogen (secondary N) is 1. The zero-order valence-corrected chi connectivity index (χ0v) is 12.0. The summed E-state index contributed by atoms with van der Waals surface area (Å²) >= 11 is 4.47. The molecule has 2 aromatic rings. The van der Waals surface area contributed by atoms with Crippen molar-refractivity contribution in [3.05, 3.63) is 21.9 Å². The van der Waals surface area contributed by atoms with Gasteiger partial charge >= 0.3 is 6.03 Å². The number of nitrogens with two attached hydrogens (primary N) is 2. The predicted octanol–water partition coefficient (Wildman–Crippen LogP) is 1.48. The molecule has 0 aromatic carbocycles. The summed E-state index contributed by atoms with van der Waals surface area (Å²) in [6.45, 7) is 0. The molecule has 7 nitrogen and oxygen atoms in total. The first kappa shape index (κ1) is 13.8. The molecule has 100 valence electrons. The van der Waals surface area contributed by atoms with E-state index in [9.17, 15) is 4.79 Å². The van der Waals surface area contributed by atoms with Crippen molar-refractivity contribution in [3.63, 3.8) is 0 Å². The van der Waals surface area contributed by atoms with Gasteiger partial charge in [0.2, 0.25) is 5.13 Å². The summed E-state index contributed by atoms with van der Waals surface area (Å²) in [6.07, 6.45) is 1.55. The van der Waals surface area contributed by atoms with E-state index in [4.69, 9.17) is 11.5 Å². The molecule has 2 heterocycles. The second-order valence-electron chi connectivity index (χ2n) is 3.29. The van der Waals surface area contributed by atoms with Crippen molar-refractivity contribution in [2.75, 3.05) is 5.73 Å². The van der Waals surface area contributed by atoms with Crippen molar-refractivity contribution in [2.24, 2.45) is 10.8 Å². The van der Waals surface area contributed by atoms with E-state index in [0.29, 0.717) is 5.13 Å². The third kappa shape index (κ3) is 4.50. The second-order valence-corrected chi connectivity index (χ2v) is 6.46. The Bertz CT molecular complexity index is 592. The number of primary amides is 1. The maximum atomic E-state index is 10.4. The van der Waals surface area contributed by atoms with Crippen molar-refractivity contribution >= 4 is 51.8 Å². The Labute approximate surface area is 121 Å². The van der Waals surface area contributed by atoms with Crippen LogP contribution in [-0.4, -0.2) is 22.4 Å². The standard InChI is InChI=1S/C9H10N6OS3/c10-7(16)13-12-2-6-1-5(3-17-6)4-18-9-15-14-8(11)19-9/h1-3H,4H2,(H2,11,14)(H3,10,13,16). The van der Waals surface area contributed by atoms with Crippen LogP contribution in [0.3, 0.4) is 0 Å². The Balaban J connectivity index is 1.87. The molecule has 5 N–H and O–H groups in total. The molecule has 0 bridgehead atoms. The van der Waals surface area contributed by atoms with Crippen LogP contribution in [-0.2, 0) is 5.75 Å². The highest BCUT2D eigenvalue weighted by Crippen LogP contribution is 2.28. The van der Waals surface area contributed by atoms with Crippen LogP contribution >= 0.6 is 34.4 Å². The highest BCUT2D eigenvalue weighted by atomic mass is 32.2. The Kier molecular flexibility index (Phi) is 4.71. The van der Waals surface area contributed by atoms with Crippen molar-refractivity contribution < 1.29 is 4.79 Å². The number of hydrogen-bond acceptors (Lipinski definition) is 8. The van der Waals surface area contributed by atoms with E-state index < -0.39 is 6.03 Å². The number of hydrazone groups is 1. The SMILES string of the molecule is NC(=O)NN=Cc1cc(CSc2nnc(N)s2)cs1. The number of carbonyl (C=O) groups is 1. The first-order valence-electron chi connectivity index (χ1n) is 5.01. The molecular weight excluding hydrogens is 304 g/mol. The molecule has 2 amide bonds. The third-order valence-corrected chi connectivity index (χ3v) is 4.70. The van der Waals surface area contributed by atoms with Crippen LogP contribution in [0.5, 0.6) is 0 Å². The molecule has 2 rings (SSSR count). The van der Waals surface area contributed by atoms with Gasteiger partial charge in [0.25, 0.3) is 0 Å². The average Bonchev–Trinajstić information content (AvgIpc) is 2.95. The number of urea groups is 1. The zero-order valence-electron chi connectivity index (χ0n) is 9.57. The van der Waals surface area contributed by atoms with Gasteiger partial charge in [0.05, 0.1) is 6.21 Å². The minimum absolute atomic E-state index is 0.471. The van der Waals surface area contributed by atoms with Gasteiger partial charge in [-0.3, -0.25) is 0 Å². The topological polar surface area (TPSA) is 119 Å². The lowest BCUT2D eigenvalue weighted by Gasteiger charge is -1.92. The van der Waals surface area contributed by atoms with E-state index >= 15 is 0 Å². The molecule has 0 aliphatic carbocycles. The third-order valence-electron chi connectivity index (χ3n) is 1.82. The van der Waals surface area contributed by atoms with Crippen LogP contribution in [0.2, 0.25) is 0 Å². The smallest absolute Gasteiger partial charge is 0.332 e. The predicted molar refractivity (Wildman–Crippen MR) is 78.5 cm³/mol. The normalized spacial score (nSPS) is 10.9. The molecule has 0 saturated carbocycles. The van der Waals surface area contributed by atoms with Gasteiger partial charge in [-0.1, -0.05) is 23.1 Å². The number of rotatable bonds is 5. The van der Waals surface area contributed by atoms with Gasteiger partial charge in [-0.15, -0.1) is 21.5 Å². The van der Waals surface area contributed by atoms with Gasteiger partial charge < -0.3 is 11.5 Å². The van der Waals surface area contributed by atoms with Crippen LogP contribution in [0.1, 0.15) is 10.4 Å². The number of nitrogens with zero attached hydrogens (tertiary/aromatic N) is 3. The number of hydrogen-bond donors (Lipinski definition) is 3. The molecule has 0 aliphatic rings. The zero-order chi connectivity index (χ0) is 13.7. The first-order valence-corrected chi connectivity index (χ1v) is 7.69. The number of amides is 2. The van der Waals surface area contributed by atoms with Crippen molar-refractivity contribution in [1.29, 1.82) is 0 Å². The van der Waals surface area contributed by atoms with Crippen LogP contribution in [0, 0.1) is 0 Å². The van der Waals surface area contributed by atoms with Gasteiger partial charge in [-0.05, 0) is 17.0 Å². The van der Waals surface area contributed by atoms with Gasteiger partial charge in [0, 0.05) is 10.6 Å². The molecule has 0 spiro atoms. The van der Waals surface area contributed by atoms with E-state index in [-0.39, 0.29) is 0 Å². The van der Waals surface area contributed by atoms with Crippen LogP contribution in [0.25, 0.3) is 0 Å². The minimum atomic E-state index is -0.683. The molecule has 2 aromatic heterocycles. The van der Waals surface area contributed by atoms with E-state index in [1.807, 2.05) is 11.4 Å². The molecule has 19 heavy (non-hydrogen) atoms. The molecule has 0 unspecified atom stereocenters. The van der Waals surface area contributed by atoms with Gasteiger partial charge in [0.15, 0.2) is 4.34 Å². The molecule has 0 radical (unpaired) electrons. The lowest BCUT2D eigenvalue weighted by molar-refractivity contribution is 0.249. The summed E-state index contributed by atoms with van der Waals surface area (Å²) in [7, 11) is 0. The summed E-state index contributed by atoms with van der Waals surface area (Å²) in [5.41, 5.74) is 13.7. The lowest BCUT2D eigenvalue weighted by atomic mass is 10.3. The highest BCUT2D eigenvalue weighted by Gasteiger charge is 2.04. The van der Waals surface area contributed by atoms with E-state index in [0.717, 1.165) is 20.5 Å². The summed E-state index contributed by atoms with van der Waals surface area (Å²) in [5.74, 6) is 0.780. The molecule has 0 atom stereocenters. The van der Waals surface area contributed by atoms with Crippen LogP contribution in [0.4, 0.5) is 9.93 Å². The molecular formula is C9H10N6OS3. The Morgan fingerprint density at radius 1 is 1.58 bits per heavy atom. The summed E-state index contributed by atoms with van der Waals surface area (Å²) in [5, 5.41) is 13.9. The Morgan fingerprint density at radius 2 is 2.42 bits per heavy atom. The maximum absolute atomic E-state index is 10.4. The lowest BCUT2D eigenvalue weighted by Crippen LogP contribution is -2.24. The molecule has 10 heteroatoms. The average molecular weight is 314 g/mol. The van der Waals surface area contributed by atoms with Gasteiger partial charge in [-0.2, -0.15) is 5.10 Å². The minimum Gasteiger partial charge on any atom is -0.374 e. The van der Waals surface area contributed by atoms with Crippen molar-refractivity contribution in [2.45, 2.75) is 10.1 Å². The highest BCUT2D eigenvalue weighted by molar-refractivity contribution is 8.00. The molecule has 0 saturated heterocycles. The summed E-state index contributed by atoms with van der Waals surface area (Å²) in [4.78, 5) is 11.4.